The van der Waals surface area contributed by atoms with Crippen LogP contribution in [-0.2, 0) is 9.47 Å². The van der Waals surface area contributed by atoms with Gasteiger partial charge in [0.1, 0.15) is 0 Å². The second-order valence-electron chi connectivity index (χ2n) is 6.88. The third-order valence-electron chi connectivity index (χ3n) is 5.01. The zero-order valence-corrected chi connectivity index (χ0v) is 13.9. The van der Waals surface area contributed by atoms with Gasteiger partial charge in [0.2, 0.25) is 0 Å². The number of nitrogens with one attached hydrogen (secondary N) is 1. The monoisotopic (exact) mass is 297 g/mol. The van der Waals surface area contributed by atoms with E-state index in [1.54, 1.807) is 0 Å². The van der Waals surface area contributed by atoms with Crippen LogP contribution in [0.2, 0.25) is 0 Å². The number of hydrogen-bond acceptors (Lipinski definition) is 3. The SMILES string of the molecule is CCCC1CCCC(NCCCOCC2CCCO2)CC1. The van der Waals surface area contributed by atoms with Crippen molar-refractivity contribution in [2.24, 2.45) is 5.92 Å². The predicted octanol–water partition coefficient (Wildman–Crippen LogP) is 3.91. The second kappa shape index (κ2) is 10.6. The van der Waals surface area contributed by atoms with E-state index in [2.05, 4.69) is 12.2 Å². The molecule has 3 nitrogen and oxygen atoms in total. The summed E-state index contributed by atoms with van der Waals surface area (Å²) in [6.45, 7) is 6.02. The predicted molar refractivity (Wildman–Crippen MR) is 87.7 cm³/mol. The van der Waals surface area contributed by atoms with Gasteiger partial charge in [0.05, 0.1) is 12.7 Å². The molecule has 124 valence electrons. The Morgan fingerprint density at radius 3 is 2.86 bits per heavy atom. The summed E-state index contributed by atoms with van der Waals surface area (Å²) in [4.78, 5) is 0. The quantitative estimate of drug-likeness (QED) is 0.517. The van der Waals surface area contributed by atoms with Crippen LogP contribution in [-0.4, -0.2) is 38.5 Å². The lowest BCUT2D eigenvalue weighted by Crippen LogP contribution is -2.30. The van der Waals surface area contributed by atoms with E-state index in [9.17, 15) is 0 Å². The first-order valence-corrected chi connectivity index (χ1v) is 9.31. The average Bonchev–Trinajstić information content (AvgIpc) is 2.91. The van der Waals surface area contributed by atoms with Crippen molar-refractivity contribution >= 4 is 0 Å². The molecule has 0 aromatic heterocycles. The summed E-state index contributed by atoms with van der Waals surface area (Å²) in [5.74, 6) is 0.997. The fourth-order valence-corrected chi connectivity index (χ4v) is 3.75. The minimum atomic E-state index is 0.371. The molecule has 0 aromatic rings. The van der Waals surface area contributed by atoms with Crippen LogP contribution in [0.3, 0.4) is 0 Å². The molecular formula is C18H35NO2. The van der Waals surface area contributed by atoms with Crippen molar-refractivity contribution in [2.75, 3.05) is 26.4 Å². The highest BCUT2D eigenvalue weighted by molar-refractivity contribution is 4.74. The molecule has 2 aliphatic rings. The van der Waals surface area contributed by atoms with Crippen molar-refractivity contribution < 1.29 is 9.47 Å². The van der Waals surface area contributed by atoms with Gasteiger partial charge in [-0.05, 0) is 51.0 Å². The van der Waals surface area contributed by atoms with Crippen molar-refractivity contribution in [3.05, 3.63) is 0 Å². The van der Waals surface area contributed by atoms with Gasteiger partial charge in [-0.2, -0.15) is 0 Å². The summed E-state index contributed by atoms with van der Waals surface area (Å²) < 4.78 is 11.3. The van der Waals surface area contributed by atoms with Gasteiger partial charge in [0.25, 0.3) is 0 Å². The van der Waals surface area contributed by atoms with Gasteiger partial charge in [0, 0.05) is 19.3 Å². The average molecular weight is 297 g/mol. The Hall–Kier alpha value is -0.120. The minimum Gasteiger partial charge on any atom is -0.379 e. The molecule has 0 radical (unpaired) electrons. The molecule has 2 fully saturated rings. The van der Waals surface area contributed by atoms with Crippen LogP contribution >= 0.6 is 0 Å². The van der Waals surface area contributed by atoms with Gasteiger partial charge in [-0.15, -0.1) is 0 Å². The van der Waals surface area contributed by atoms with Crippen LogP contribution in [0.5, 0.6) is 0 Å². The van der Waals surface area contributed by atoms with Crippen LogP contribution in [0.15, 0.2) is 0 Å². The lowest BCUT2D eigenvalue weighted by atomic mass is 9.95. The Labute approximate surface area is 131 Å². The molecule has 21 heavy (non-hydrogen) atoms. The third kappa shape index (κ3) is 7.12. The van der Waals surface area contributed by atoms with Crippen LogP contribution in [0.4, 0.5) is 0 Å². The van der Waals surface area contributed by atoms with Crippen LogP contribution in [0, 0.1) is 5.92 Å². The van der Waals surface area contributed by atoms with E-state index in [-0.39, 0.29) is 0 Å². The smallest absolute Gasteiger partial charge is 0.0809 e. The van der Waals surface area contributed by atoms with E-state index in [1.165, 1.54) is 57.8 Å². The molecule has 1 heterocycles. The minimum absolute atomic E-state index is 0.371. The molecule has 3 heteroatoms. The Balaban J connectivity index is 1.44. The molecular weight excluding hydrogens is 262 g/mol. The zero-order valence-electron chi connectivity index (χ0n) is 13.9. The van der Waals surface area contributed by atoms with Crippen molar-refractivity contribution in [3.63, 3.8) is 0 Å². The first kappa shape index (κ1) is 17.2. The van der Waals surface area contributed by atoms with Crippen molar-refractivity contribution in [1.29, 1.82) is 0 Å². The Morgan fingerprint density at radius 2 is 2.05 bits per heavy atom. The van der Waals surface area contributed by atoms with Gasteiger partial charge >= 0.3 is 0 Å². The lowest BCUT2D eigenvalue weighted by Gasteiger charge is -2.17. The van der Waals surface area contributed by atoms with Crippen LogP contribution < -0.4 is 5.32 Å². The molecule has 1 aliphatic carbocycles. The van der Waals surface area contributed by atoms with Crippen molar-refractivity contribution in [1.82, 2.24) is 5.32 Å². The molecule has 0 aromatic carbocycles. The van der Waals surface area contributed by atoms with Gasteiger partial charge in [-0.1, -0.05) is 32.6 Å². The maximum atomic E-state index is 5.72. The van der Waals surface area contributed by atoms with E-state index >= 15 is 0 Å². The van der Waals surface area contributed by atoms with E-state index in [4.69, 9.17) is 9.47 Å². The van der Waals surface area contributed by atoms with Gasteiger partial charge in [-0.25, -0.2) is 0 Å². The highest BCUT2D eigenvalue weighted by Crippen LogP contribution is 2.26. The maximum absolute atomic E-state index is 5.72. The fraction of sp³-hybridized carbons (Fsp3) is 1.00. The van der Waals surface area contributed by atoms with Gasteiger partial charge in [-0.3, -0.25) is 0 Å². The normalized spacial score (nSPS) is 30.4. The molecule has 1 saturated heterocycles. The van der Waals surface area contributed by atoms with Crippen LogP contribution in [0.1, 0.15) is 71.1 Å². The summed E-state index contributed by atoms with van der Waals surface area (Å²) in [6, 6.07) is 0.755. The van der Waals surface area contributed by atoms with E-state index < -0.39 is 0 Å². The molecule has 2 rings (SSSR count). The van der Waals surface area contributed by atoms with Gasteiger partial charge < -0.3 is 14.8 Å². The van der Waals surface area contributed by atoms with E-state index in [0.717, 1.165) is 44.7 Å². The summed E-state index contributed by atoms with van der Waals surface area (Å²) in [7, 11) is 0. The van der Waals surface area contributed by atoms with Crippen LogP contribution in [0.25, 0.3) is 0 Å². The Kier molecular flexibility index (Phi) is 8.68. The summed E-state index contributed by atoms with van der Waals surface area (Å²) >= 11 is 0. The number of ether oxygens (including phenoxy) is 2. The first-order valence-electron chi connectivity index (χ1n) is 9.31. The van der Waals surface area contributed by atoms with Gasteiger partial charge in [0.15, 0.2) is 0 Å². The van der Waals surface area contributed by atoms with E-state index in [0.29, 0.717) is 6.10 Å². The highest BCUT2D eigenvalue weighted by atomic mass is 16.5. The maximum Gasteiger partial charge on any atom is 0.0809 e. The largest absolute Gasteiger partial charge is 0.379 e. The standard InChI is InChI=1S/C18H35NO2/c1-2-6-16-7-3-8-17(11-10-16)19-12-5-13-20-15-18-9-4-14-21-18/h16-19H,2-15H2,1H3. The molecule has 1 N–H and O–H groups in total. The molecule has 1 saturated carbocycles. The number of rotatable bonds is 9. The topological polar surface area (TPSA) is 30.5 Å². The van der Waals surface area contributed by atoms with Crippen molar-refractivity contribution in [2.45, 2.75) is 83.3 Å². The summed E-state index contributed by atoms with van der Waals surface area (Å²) in [5, 5.41) is 3.74. The zero-order chi connectivity index (χ0) is 14.8. The van der Waals surface area contributed by atoms with E-state index in [1.807, 2.05) is 0 Å². The second-order valence-corrected chi connectivity index (χ2v) is 6.88. The van der Waals surface area contributed by atoms with Crippen molar-refractivity contribution in [3.8, 4) is 0 Å². The fourth-order valence-electron chi connectivity index (χ4n) is 3.75. The molecule has 0 spiro atoms. The summed E-state index contributed by atoms with van der Waals surface area (Å²) in [5.41, 5.74) is 0. The molecule has 1 aliphatic heterocycles. The first-order chi connectivity index (χ1) is 10.4. The third-order valence-corrected chi connectivity index (χ3v) is 5.01. The Bertz CT molecular complexity index is 254. The molecule has 0 amide bonds. The Morgan fingerprint density at radius 1 is 1.10 bits per heavy atom. The lowest BCUT2D eigenvalue weighted by molar-refractivity contribution is 0.0165. The summed E-state index contributed by atoms with van der Waals surface area (Å²) in [6.07, 6.45) is 13.7. The molecule has 0 bridgehead atoms. The molecule has 3 unspecified atom stereocenters. The number of hydrogen-bond donors (Lipinski definition) is 1. The highest BCUT2D eigenvalue weighted by Gasteiger charge is 2.18. The molecule has 3 atom stereocenters.